The van der Waals surface area contributed by atoms with Crippen molar-refractivity contribution in [2.45, 2.75) is 44.7 Å². The SMILES string of the molecule is Cc1ccc(S(=O)(=O)NCc2ccco2)cc1C(=O)Nc1nc(CN2CCCC(C)C2)cs1. The quantitative estimate of drug-likeness (QED) is 0.497. The number of carbonyl (C=O) groups excluding carboxylic acids is 1. The Morgan fingerprint density at radius 3 is 2.94 bits per heavy atom. The molecule has 8 nitrogen and oxygen atoms in total. The van der Waals surface area contributed by atoms with Gasteiger partial charge in [0.1, 0.15) is 5.76 Å². The summed E-state index contributed by atoms with van der Waals surface area (Å²) in [6.45, 7) is 6.97. The number of aryl methyl sites for hydroxylation is 1. The highest BCUT2D eigenvalue weighted by molar-refractivity contribution is 7.89. The van der Waals surface area contributed by atoms with Crippen LogP contribution in [0.15, 0.2) is 51.3 Å². The molecule has 0 spiro atoms. The van der Waals surface area contributed by atoms with Crippen LogP contribution in [0.2, 0.25) is 0 Å². The maximum absolute atomic E-state index is 12.9. The molecule has 176 valence electrons. The second-order valence-electron chi connectivity index (χ2n) is 8.46. The van der Waals surface area contributed by atoms with Crippen LogP contribution in [0.4, 0.5) is 5.13 Å². The molecule has 4 rings (SSSR count). The largest absolute Gasteiger partial charge is 0.468 e. The minimum Gasteiger partial charge on any atom is -0.468 e. The second kappa shape index (κ2) is 10.2. The van der Waals surface area contributed by atoms with E-state index >= 15 is 0 Å². The van der Waals surface area contributed by atoms with Crippen LogP contribution in [0.25, 0.3) is 0 Å². The fraction of sp³-hybridized carbons (Fsp3) is 0.391. The molecule has 3 heterocycles. The number of anilines is 1. The number of hydrogen-bond acceptors (Lipinski definition) is 7. The molecular formula is C23H28N4O4S2. The Morgan fingerprint density at radius 2 is 2.18 bits per heavy atom. The number of hydrogen-bond donors (Lipinski definition) is 2. The maximum Gasteiger partial charge on any atom is 0.257 e. The summed E-state index contributed by atoms with van der Waals surface area (Å²) < 4.78 is 33.0. The van der Waals surface area contributed by atoms with E-state index in [-0.39, 0.29) is 22.9 Å². The van der Waals surface area contributed by atoms with Gasteiger partial charge in [-0.05, 0) is 62.1 Å². The van der Waals surface area contributed by atoms with Crippen LogP contribution in [-0.4, -0.2) is 37.3 Å². The summed E-state index contributed by atoms with van der Waals surface area (Å²) in [7, 11) is -3.81. The van der Waals surface area contributed by atoms with Crippen LogP contribution in [0, 0.1) is 12.8 Å². The zero-order chi connectivity index (χ0) is 23.4. The van der Waals surface area contributed by atoms with Crippen LogP contribution >= 0.6 is 11.3 Å². The number of likely N-dealkylation sites (tertiary alicyclic amines) is 1. The predicted molar refractivity (Wildman–Crippen MR) is 128 cm³/mol. The van der Waals surface area contributed by atoms with E-state index in [1.54, 1.807) is 25.1 Å². The lowest BCUT2D eigenvalue weighted by Crippen LogP contribution is -2.33. The molecule has 2 aromatic heterocycles. The van der Waals surface area contributed by atoms with Gasteiger partial charge in [-0.2, -0.15) is 0 Å². The zero-order valence-corrected chi connectivity index (χ0v) is 20.3. The van der Waals surface area contributed by atoms with Gasteiger partial charge in [0.2, 0.25) is 10.0 Å². The van der Waals surface area contributed by atoms with Crippen molar-refractivity contribution in [3.63, 3.8) is 0 Å². The van der Waals surface area contributed by atoms with Gasteiger partial charge in [0.05, 0.1) is 23.4 Å². The third kappa shape index (κ3) is 6.08. The number of carbonyl (C=O) groups is 1. The summed E-state index contributed by atoms with van der Waals surface area (Å²) in [5, 5.41) is 5.28. The van der Waals surface area contributed by atoms with Crippen molar-refractivity contribution in [2.24, 2.45) is 5.92 Å². The van der Waals surface area contributed by atoms with E-state index in [9.17, 15) is 13.2 Å². The Balaban J connectivity index is 1.42. The number of nitrogens with one attached hydrogen (secondary N) is 2. The molecule has 2 N–H and O–H groups in total. The molecule has 0 radical (unpaired) electrons. The Bertz CT molecular complexity index is 1210. The molecule has 33 heavy (non-hydrogen) atoms. The van der Waals surface area contributed by atoms with Gasteiger partial charge in [0.25, 0.3) is 5.91 Å². The lowest BCUT2D eigenvalue weighted by molar-refractivity contribution is 0.102. The van der Waals surface area contributed by atoms with Gasteiger partial charge in [0, 0.05) is 24.0 Å². The number of nitrogens with zero attached hydrogens (tertiary/aromatic N) is 2. The summed E-state index contributed by atoms with van der Waals surface area (Å²) in [6.07, 6.45) is 3.94. The Kier molecular flexibility index (Phi) is 7.28. The number of thiazole rings is 1. The van der Waals surface area contributed by atoms with Crippen LogP contribution < -0.4 is 10.0 Å². The van der Waals surface area contributed by atoms with Gasteiger partial charge in [-0.15, -0.1) is 11.3 Å². The van der Waals surface area contributed by atoms with E-state index in [0.717, 1.165) is 25.3 Å². The minimum absolute atomic E-state index is 0.0175. The van der Waals surface area contributed by atoms with E-state index in [2.05, 4.69) is 26.8 Å². The van der Waals surface area contributed by atoms with E-state index in [1.165, 1.54) is 42.6 Å². The summed E-state index contributed by atoms with van der Waals surface area (Å²) in [5.74, 6) is 0.807. The highest BCUT2D eigenvalue weighted by Gasteiger charge is 2.20. The topological polar surface area (TPSA) is 105 Å². The molecular weight excluding hydrogens is 460 g/mol. The van der Waals surface area contributed by atoms with Crippen molar-refractivity contribution in [3.05, 3.63) is 64.6 Å². The monoisotopic (exact) mass is 488 g/mol. The van der Waals surface area contributed by atoms with Crippen LogP contribution in [0.1, 0.15) is 47.1 Å². The van der Waals surface area contributed by atoms with Gasteiger partial charge in [0.15, 0.2) is 5.13 Å². The molecule has 0 aliphatic carbocycles. The van der Waals surface area contributed by atoms with Gasteiger partial charge in [-0.3, -0.25) is 15.0 Å². The van der Waals surface area contributed by atoms with E-state index < -0.39 is 10.0 Å². The molecule has 1 aliphatic heterocycles. The molecule has 1 amide bonds. The number of rotatable bonds is 8. The molecule has 1 aliphatic rings. The highest BCUT2D eigenvalue weighted by atomic mass is 32.2. The van der Waals surface area contributed by atoms with E-state index in [1.807, 2.05) is 5.38 Å². The second-order valence-corrected chi connectivity index (χ2v) is 11.1. The minimum atomic E-state index is -3.81. The van der Waals surface area contributed by atoms with Crippen molar-refractivity contribution < 1.29 is 17.6 Å². The van der Waals surface area contributed by atoms with Crippen LogP contribution in [0.3, 0.4) is 0 Å². The lowest BCUT2D eigenvalue weighted by atomic mass is 10.0. The average Bonchev–Trinajstić information content (AvgIpc) is 3.45. The normalized spacial score (nSPS) is 17.2. The fourth-order valence-electron chi connectivity index (χ4n) is 3.94. The van der Waals surface area contributed by atoms with E-state index in [0.29, 0.717) is 22.4 Å². The van der Waals surface area contributed by atoms with Crippen molar-refractivity contribution in [1.29, 1.82) is 0 Å². The van der Waals surface area contributed by atoms with Gasteiger partial charge in [-0.25, -0.2) is 18.1 Å². The first kappa shape index (κ1) is 23.6. The van der Waals surface area contributed by atoms with Gasteiger partial charge >= 0.3 is 0 Å². The summed E-state index contributed by atoms with van der Waals surface area (Å²) in [5.41, 5.74) is 1.90. The summed E-state index contributed by atoms with van der Waals surface area (Å²) in [4.78, 5) is 19.9. The number of sulfonamides is 1. The number of furan rings is 1. The lowest BCUT2D eigenvalue weighted by Gasteiger charge is -2.30. The molecule has 1 unspecified atom stereocenters. The van der Waals surface area contributed by atoms with Gasteiger partial charge in [-0.1, -0.05) is 13.0 Å². The highest BCUT2D eigenvalue weighted by Crippen LogP contribution is 2.23. The molecule has 1 saturated heterocycles. The molecule has 10 heteroatoms. The maximum atomic E-state index is 12.9. The summed E-state index contributed by atoms with van der Waals surface area (Å²) in [6, 6.07) is 7.87. The molecule has 3 aromatic rings. The standard InChI is InChI=1S/C23H28N4O4S2/c1-16-5-3-9-27(13-16)14-18-15-32-23(25-18)26-22(28)21-11-20(8-7-17(21)2)33(29,30)24-12-19-6-4-10-31-19/h4,6-8,10-11,15-16,24H,3,5,9,12-14H2,1-2H3,(H,25,26,28). The van der Waals surface area contributed by atoms with Gasteiger partial charge < -0.3 is 4.42 Å². The van der Waals surface area contributed by atoms with Crippen molar-refractivity contribution in [3.8, 4) is 0 Å². The number of piperidine rings is 1. The molecule has 1 atom stereocenters. The van der Waals surface area contributed by atoms with Crippen LogP contribution in [0.5, 0.6) is 0 Å². The van der Waals surface area contributed by atoms with Crippen LogP contribution in [-0.2, 0) is 23.1 Å². The number of benzene rings is 1. The van der Waals surface area contributed by atoms with Crippen molar-refractivity contribution in [2.75, 3.05) is 18.4 Å². The predicted octanol–water partition coefficient (Wildman–Crippen LogP) is 4.01. The Morgan fingerprint density at radius 1 is 1.33 bits per heavy atom. The smallest absolute Gasteiger partial charge is 0.257 e. The average molecular weight is 489 g/mol. The zero-order valence-electron chi connectivity index (χ0n) is 18.7. The first-order valence-corrected chi connectivity index (χ1v) is 13.3. The molecule has 1 aromatic carbocycles. The Hall–Kier alpha value is -2.53. The Labute approximate surface area is 198 Å². The summed E-state index contributed by atoms with van der Waals surface area (Å²) >= 11 is 1.37. The number of amides is 1. The number of aromatic nitrogens is 1. The molecule has 0 bridgehead atoms. The first-order valence-electron chi connectivity index (χ1n) is 10.9. The first-order chi connectivity index (χ1) is 15.8. The third-order valence-corrected chi connectivity index (χ3v) is 7.88. The molecule has 0 saturated carbocycles. The van der Waals surface area contributed by atoms with Crippen molar-refractivity contribution in [1.82, 2.24) is 14.6 Å². The fourth-order valence-corrected chi connectivity index (χ4v) is 5.65. The molecule has 1 fully saturated rings. The van der Waals surface area contributed by atoms with E-state index in [4.69, 9.17) is 4.42 Å². The third-order valence-electron chi connectivity index (χ3n) is 5.68. The van der Waals surface area contributed by atoms with Crippen molar-refractivity contribution >= 4 is 32.4 Å².